The Kier molecular flexibility index (Phi) is 4.51. The van der Waals surface area contributed by atoms with Crippen molar-refractivity contribution in [2.75, 3.05) is 19.8 Å². The minimum absolute atomic E-state index is 0.782. The zero-order chi connectivity index (χ0) is 11.2. The van der Waals surface area contributed by atoms with Crippen LogP contribution in [0.1, 0.15) is 24.0 Å². The minimum Gasteiger partial charge on any atom is -0.377 e. The van der Waals surface area contributed by atoms with Crippen LogP contribution in [0.5, 0.6) is 0 Å². The summed E-state index contributed by atoms with van der Waals surface area (Å²) in [6, 6.07) is 0. The zero-order valence-corrected chi connectivity index (χ0v) is 10.5. The third kappa shape index (κ3) is 3.40. The average molecular weight is 238 g/mol. The van der Waals surface area contributed by atoms with Crippen LogP contribution in [0.2, 0.25) is 0 Å². The van der Waals surface area contributed by atoms with Crippen molar-refractivity contribution in [2.45, 2.75) is 26.3 Å². The second-order valence-corrected chi connectivity index (χ2v) is 4.84. The fourth-order valence-electron chi connectivity index (χ4n) is 1.68. The van der Waals surface area contributed by atoms with Crippen molar-refractivity contribution in [3.8, 4) is 0 Å². The smallest absolute Gasteiger partial charge is 0.0926 e. The first-order valence-electron chi connectivity index (χ1n) is 5.78. The molecule has 88 valence electrons. The van der Waals surface area contributed by atoms with Crippen LogP contribution < -0.4 is 5.32 Å². The molecule has 0 spiro atoms. The average Bonchev–Trinajstić information content (AvgIpc) is 2.78. The predicted molar refractivity (Wildman–Crippen MR) is 66.7 cm³/mol. The molecule has 0 atom stereocenters. The maximum Gasteiger partial charge on any atom is 0.0926 e. The van der Waals surface area contributed by atoms with Gasteiger partial charge in [0.2, 0.25) is 0 Å². The highest BCUT2D eigenvalue weighted by Gasteiger charge is 2.04. The van der Waals surface area contributed by atoms with Gasteiger partial charge in [-0.2, -0.15) is 0 Å². The van der Waals surface area contributed by atoms with E-state index in [9.17, 15) is 0 Å². The van der Waals surface area contributed by atoms with Gasteiger partial charge in [-0.15, -0.1) is 11.3 Å². The van der Waals surface area contributed by atoms with E-state index in [1.807, 2.05) is 0 Å². The second-order valence-electron chi connectivity index (χ2n) is 3.89. The van der Waals surface area contributed by atoms with Gasteiger partial charge in [-0.3, -0.25) is 0 Å². The molecule has 1 aromatic heterocycles. The largest absolute Gasteiger partial charge is 0.377 e. The van der Waals surface area contributed by atoms with Crippen LogP contribution in [0, 0.1) is 0 Å². The Bertz CT molecular complexity index is 360. The van der Waals surface area contributed by atoms with E-state index in [1.165, 1.54) is 10.6 Å². The van der Waals surface area contributed by atoms with Crippen molar-refractivity contribution in [3.05, 3.63) is 27.7 Å². The molecule has 1 aliphatic heterocycles. The van der Waals surface area contributed by atoms with Gasteiger partial charge in [-0.25, -0.2) is 4.98 Å². The maximum absolute atomic E-state index is 5.38. The number of nitrogens with zero attached hydrogens (tertiary/aromatic N) is 1. The summed E-state index contributed by atoms with van der Waals surface area (Å²) in [6.07, 6.45) is 4.35. The third-order valence-corrected chi connectivity index (χ3v) is 3.58. The normalized spacial score (nSPS) is 16.2. The molecule has 0 radical (unpaired) electrons. The van der Waals surface area contributed by atoms with Gasteiger partial charge >= 0.3 is 0 Å². The van der Waals surface area contributed by atoms with Crippen LogP contribution in [0.3, 0.4) is 0 Å². The van der Waals surface area contributed by atoms with Gasteiger partial charge in [0.1, 0.15) is 0 Å². The Morgan fingerprint density at radius 2 is 2.44 bits per heavy atom. The summed E-state index contributed by atoms with van der Waals surface area (Å²) in [5.41, 5.74) is 2.51. The minimum atomic E-state index is 0.782. The lowest BCUT2D eigenvalue weighted by molar-refractivity contribution is 0.148. The Balaban J connectivity index is 1.73. The van der Waals surface area contributed by atoms with Crippen LogP contribution in [0.4, 0.5) is 0 Å². The van der Waals surface area contributed by atoms with Crippen molar-refractivity contribution in [1.82, 2.24) is 10.3 Å². The summed E-state index contributed by atoms with van der Waals surface area (Å²) in [4.78, 5) is 4.52. The molecule has 4 heteroatoms. The molecule has 2 rings (SSSR count). The lowest BCUT2D eigenvalue weighted by atomic mass is 10.2. The molecule has 0 amide bonds. The van der Waals surface area contributed by atoms with Crippen molar-refractivity contribution in [3.63, 3.8) is 0 Å². The molecule has 3 nitrogen and oxygen atoms in total. The van der Waals surface area contributed by atoms with E-state index in [1.54, 1.807) is 11.3 Å². The molecule has 1 aliphatic rings. The molecule has 1 aromatic rings. The van der Waals surface area contributed by atoms with E-state index in [-0.39, 0.29) is 0 Å². The number of thiazole rings is 1. The summed E-state index contributed by atoms with van der Waals surface area (Å²) in [5, 5.41) is 6.76. The molecule has 0 aliphatic carbocycles. The quantitative estimate of drug-likeness (QED) is 0.798. The maximum atomic E-state index is 5.38. The Morgan fingerprint density at radius 3 is 3.12 bits per heavy atom. The first kappa shape index (κ1) is 11.8. The number of hydrogen-bond acceptors (Lipinski definition) is 4. The van der Waals surface area contributed by atoms with Gasteiger partial charge in [0.15, 0.2) is 0 Å². The Labute approximate surface area is 101 Å². The lowest BCUT2D eigenvalue weighted by Gasteiger charge is -2.13. The summed E-state index contributed by atoms with van der Waals surface area (Å²) in [6.45, 7) is 5.56. The number of ether oxygens (including phenoxy) is 1. The molecule has 2 heterocycles. The summed E-state index contributed by atoms with van der Waals surface area (Å²) >= 11 is 1.75. The Hall–Kier alpha value is -0.710. The van der Waals surface area contributed by atoms with Gasteiger partial charge in [0, 0.05) is 18.5 Å². The van der Waals surface area contributed by atoms with E-state index in [0.29, 0.717) is 0 Å². The van der Waals surface area contributed by atoms with Gasteiger partial charge in [0.05, 0.1) is 23.9 Å². The zero-order valence-electron chi connectivity index (χ0n) is 9.66. The molecule has 0 saturated heterocycles. The fraction of sp³-hybridized carbons (Fsp3) is 0.583. The van der Waals surface area contributed by atoms with E-state index in [4.69, 9.17) is 4.74 Å². The number of hydrogen-bond donors (Lipinski definition) is 1. The van der Waals surface area contributed by atoms with E-state index >= 15 is 0 Å². The molecular weight excluding hydrogens is 220 g/mol. The first-order chi connectivity index (χ1) is 7.88. The lowest BCUT2D eigenvalue weighted by Crippen LogP contribution is -2.21. The third-order valence-electron chi connectivity index (χ3n) is 2.54. The standard InChI is InChI=1S/C12H18N2OS/c1-2-12-14-11(9-16-12)7-13-6-10-4-3-5-15-8-10/h4,9,13H,2-3,5-8H2,1H3. The molecule has 16 heavy (non-hydrogen) atoms. The van der Waals surface area contributed by atoms with Crippen LogP contribution in [0.25, 0.3) is 0 Å². The molecule has 1 N–H and O–H groups in total. The van der Waals surface area contributed by atoms with Gasteiger partial charge in [0.25, 0.3) is 0 Å². The fourth-order valence-corrected chi connectivity index (χ4v) is 2.42. The summed E-state index contributed by atoms with van der Waals surface area (Å²) < 4.78 is 5.38. The molecule has 0 bridgehead atoms. The molecule has 0 fully saturated rings. The highest BCUT2D eigenvalue weighted by Crippen LogP contribution is 2.10. The highest BCUT2D eigenvalue weighted by atomic mass is 32.1. The van der Waals surface area contributed by atoms with Crippen molar-refractivity contribution < 1.29 is 4.74 Å². The van der Waals surface area contributed by atoms with Crippen LogP contribution >= 0.6 is 11.3 Å². The SMILES string of the molecule is CCc1nc(CNCC2=CCCOC2)cs1. The molecular formula is C12H18N2OS. The number of rotatable bonds is 5. The van der Waals surface area contributed by atoms with E-state index in [0.717, 1.165) is 44.8 Å². The molecule has 0 saturated carbocycles. The van der Waals surface area contributed by atoms with Crippen LogP contribution in [0.15, 0.2) is 17.0 Å². The van der Waals surface area contributed by atoms with Crippen molar-refractivity contribution in [2.24, 2.45) is 0 Å². The summed E-state index contributed by atoms with van der Waals surface area (Å²) in [5.74, 6) is 0. The van der Waals surface area contributed by atoms with E-state index in [2.05, 4.69) is 28.7 Å². The number of nitrogens with one attached hydrogen (secondary N) is 1. The van der Waals surface area contributed by atoms with Gasteiger partial charge in [-0.1, -0.05) is 13.0 Å². The predicted octanol–water partition coefficient (Wildman–Crippen LogP) is 2.14. The first-order valence-corrected chi connectivity index (χ1v) is 6.66. The monoisotopic (exact) mass is 238 g/mol. The van der Waals surface area contributed by atoms with Gasteiger partial charge < -0.3 is 10.1 Å². The van der Waals surface area contributed by atoms with Crippen molar-refractivity contribution >= 4 is 11.3 Å². The van der Waals surface area contributed by atoms with Crippen molar-refractivity contribution in [1.29, 1.82) is 0 Å². The second kappa shape index (κ2) is 6.13. The van der Waals surface area contributed by atoms with Crippen LogP contribution in [-0.2, 0) is 17.7 Å². The van der Waals surface area contributed by atoms with E-state index < -0.39 is 0 Å². The summed E-state index contributed by atoms with van der Waals surface area (Å²) in [7, 11) is 0. The number of aromatic nitrogens is 1. The number of aryl methyl sites for hydroxylation is 1. The highest BCUT2D eigenvalue weighted by molar-refractivity contribution is 7.09. The van der Waals surface area contributed by atoms with Crippen LogP contribution in [-0.4, -0.2) is 24.7 Å². The topological polar surface area (TPSA) is 34.2 Å². The van der Waals surface area contributed by atoms with Gasteiger partial charge in [-0.05, 0) is 18.4 Å². The Morgan fingerprint density at radius 1 is 1.50 bits per heavy atom. The molecule has 0 unspecified atom stereocenters. The molecule has 0 aromatic carbocycles.